The van der Waals surface area contributed by atoms with Gasteiger partial charge in [0.2, 0.25) is 6.29 Å². The van der Waals surface area contributed by atoms with Gasteiger partial charge in [0, 0.05) is 13.5 Å². The number of benzene rings is 2. The van der Waals surface area contributed by atoms with E-state index in [9.17, 15) is 0 Å². The van der Waals surface area contributed by atoms with Crippen LogP contribution in [0.1, 0.15) is 23.6 Å². The Labute approximate surface area is 168 Å². The molecular weight excluding hydrogens is 366 g/mol. The Bertz CT molecular complexity index is 1200. The molecule has 1 aliphatic rings. The van der Waals surface area contributed by atoms with E-state index in [0.717, 1.165) is 39.6 Å². The van der Waals surface area contributed by atoms with Crippen LogP contribution in [0.4, 0.5) is 5.82 Å². The van der Waals surface area contributed by atoms with Crippen LogP contribution in [0.15, 0.2) is 48.9 Å². The monoisotopic (exact) mass is 387 g/mol. The van der Waals surface area contributed by atoms with Crippen LogP contribution in [0.5, 0.6) is 11.5 Å². The molecule has 1 aliphatic heterocycles. The first-order valence-electron chi connectivity index (χ1n) is 9.54. The number of rotatable bonds is 4. The zero-order valence-electron chi connectivity index (χ0n) is 16.5. The summed E-state index contributed by atoms with van der Waals surface area (Å²) in [6.45, 7) is 6.64. The third-order valence-electron chi connectivity index (χ3n) is 4.87. The molecule has 0 spiro atoms. The Morgan fingerprint density at radius 1 is 1.00 bits per heavy atom. The third kappa shape index (κ3) is 3.24. The smallest absolute Gasteiger partial charge is 0.238 e. The van der Waals surface area contributed by atoms with E-state index in [1.165, 1.54) is 11.1 Å². The SMILES string of the molecule is Cc1cc(C)cc(-n2ncc3c(NCc4ccc5c(c4)OC(C)O5)ncnc32)c1. The lowest BCUT2D eigenvalue weighted by molar-refractivity contribution is 0.0678. The van der Waals surface area contributed by atoms with E-state index in [1.54, 1.807) is 12.5 Å². The van der Waals surface area contributed by atoms with Crippen molar-refractivity contribution >= 4 is 16.9 Å². The molecule has 0 saturated carbocycles. The fourth-order valence-electron chi connectivity index (χ4n) is 3.67. The second-order valence-corrected chi connectivity index (χ2v) is 7.30. The molecule has 0 saturated heterocycles. The van der Waals surface area contributed by atoms with Crippen LogP contribution in [0.25, 0.3) is 16.7 Å². The first kappa shape index (κ1) is 17.5. The van der Waals surface area contributed by atoms with Crippen LogP contribution in [0.2, 0.25) is 0 Å². The van der Waals surface area contributed by atoms with Gasteiger partial charge in [0.15, 0.2) is 17.1 Å². The van der Waals surface area contributed by atoms with Crippen molar-refractivity contribution in [2.75, 3.05) is 5.32 Å². The molecular formula is C22H21N5O2. The molecule has 7 heteroatoms. The number of nitrogens with zero attached hydrogens (tertiary/aromatic N) is 4. The van der Waals surface area contributed by atoms with Gasteiger partial charge in [0.1, 0.15) is 12.1 Å². The van der Waals surface area contributed by atoms with Crippen LogP contribution < -0.4 is 14.8 Å². The number of aryl methyl sites for hydroxylation is 2. The highest BCUT2D eigenvalue weighted by Gasteiger charge is 2.20. The van der Waals surface area contributed by atoms with Crippen molar-refractivity contribution in [3.8, 4) is 17.2 Å². The maximum Gasteiger partial charge on any atom is 0.238 e. The average Bonchev–Trinajstić information content (AvgIpc) is 3.28. The number of ether oxygens (including phenoxy) is 2. The summed E-state index contributed by atoms with van der Waals surface area (Å²) in [6.07, 6.45) is 3.12. The highest BCUT2D eigenvalue weighted by molar-refractivity contribution is 5.87. The topological polar surface area (TPSA) is 74.1 Å². The van der Waals surface area contributed by atoms with Crippen LogP contribution in [-0.2, 0) is 6.54 Å². The van der Waals surface area contributed by atoms with E-state index in [4.69, 9.17) is 9.47 Å². The van der Waals surface area contributed by atoms with Gasteiger partial charge in [0.05, 0.1) is 17.3 Å². The van der Waals surface area contributed by atoms with Crippen LogP contribution in [-0.4, -0.2) is 26.0 Å². The molecule has 1 unspecified atom stereocenters. The highest BCUT2D eigenvalue weighted by Crippen LogP contribution is 2.35. The van der Waals surface area contributed by atoms with E-state index >= 15 is 0 Å². The quantitative estimate of drug-likeness (QED) is 0.567. The third-order valence-corrected chi connectivity index (χ3v) is 4.87. The predicted molar refractivity (Wildman–Crippen MR) is 111 cm³/mol. The Hall–Kier alpha value is -3.61. The first-order chi connectivity index (χ1) is 14.1. The molecule has 0 aliphatic carbocycles. The molecule has 2 aromatic heterocycles. The zero-order valence-corrected chi connectivity index (χ0v) is 16.5. The summed E-state index contributed by atoms with van der Waals surface area (Å²) >= 11 is 0. The molecule has 2 aromatic carbocycles. The molecule has 4 aromatic rings. The molecule has 29 heavy (non-hydrogen) atoms. The summed E-state index contributed by atoms with van der Waals surface area (Å²) < 4.78 is 13.1. The molecule has 1 atom stereocenters. The molecule has 0 bridgehead atoms. The minimum atomic E-state index is -0.245. The average molecular weight is 387 g/mol. The largest absolute Gasteiger partial charge is 0.451 e. The van der Waals surface area contributed by atoms with Crippen molar-refractivity contribution in [2.24, 2.45) is 0 Å². The first-order valence-corrected chi connectivity index (χ1v) is 9.54. The van der Waals surface area contributed by atoms with Gasteiger partial charge in [-0.15, -0.1) is 0 Å². The maximum atomic E-state index is 5.65. The molecule has 1 N–H and O–H groups in total. The second-order valence-electron chi connectivity index (χ2n) is 7.30. The Balaban J connectivity index is 1.43. The number of nitrogens with one attached hydrogen (secondary N) is 1. The van der Waals surface area contributed by atoms with Crippen molar-refractivity contribution in [3.63, 3.8) is 0 Å². The fourth-order valence-corrected chi connectivity index (χ4v) is 3.67. The van der Waals surface area contributed by atoms with Crippen molar-refractivity contribution in [2.45, 2.75) is 33.6 Å². The molecule has 3 heterocycles. The van der Waals surface area contributed by atoms with Gasteiger partial charge in [-0.05, 0) is 54.8 Å². The van der Waals surface area contributed by atoms with Gasteiger partial charge in [-0.25, -0.2) is 14.6 Å². The minimum Gasteiger partial charge on any atom is -0.451 e. The number of hydrogen-bond acceptors (Lipinski definition) is 6. The molecule has 0 amide bonds. The predicted octanol–water partition coefficient (Wildman–Crippen LogP) is 4.16. The van der Waals surface area contributed by atoms with Gasteiger partial charge in [0.25, 0.3) is 0 Å². The van der Waals surface area contributed by atoms with Crippen molar-refractivity contribution in [3.05, 3.63) is 65.6 Å². The van der Waals surface area contributed by atoms with Crippen molar-refractivity contribution < 1.29 is 9.47 Å². The second kappa shape index (κ2) is 6.77. The Kier molecular flexibility index (Phi) is 4.08. The lowest BCUT2D eigenvalue weighted by Gasteiger charge is -2.08. The summed E-state index contributed by atoms with van der Waals surface area (Å²) in [5.74, 6) is 2.30. The summed E-state index contributed by atoms with van der Waals surface area (Å²) in [4.78, 5) is 8.88. The molecule has 0 fully saturated rings. The van der Waals surface area contributed by atoms with Crippen molar-refractivity contribution in [1.29, 1.82) is 0 Å². The number of hydrogen-bond donors (Lipinski definition) is 1. The Morgan fingerprint density at radius 2 is 1.79 bits per heavy atom. The standard InChI is InChI=1S/C22H21N5O2/c1-13-6-14(2)8-17(7-13)27-22-18(11-26-27)21(24-12-25-22)23-10-16-4-5-19-20(9-16)29-15(3)28-19/h4-9,11-12,15H,10H2,1-3H3,(H,23,24,25). The van der Waals surface area contributed by atoms with Gasteiger partial charge in [-0.2, -0.15) is 5.10 Å². The maximum absolute atomic E-state index is 5.65. The summed E-state index contributed by atoms with van der Waals surface area (Å²) in [5.41, 5.74) is 5.22. The van der Waals surface area contributed by atoms with Crippen LogP contribution in [0.3, 0.4) is 0 Å². The number of aromatic nitrogens is 4. The van der Waals surface area contributed by atoms with Crippen LogP contribution in [0, 0.1) is 13.8 Å². The highest BCUT2D eigenvalue weighted by atomic mass is 16.7. The molecule has 5 rings (SSSR count). The minimum absolute atomic E-state index is 0.245. The van der Waals surface area contributed by atoms with E-state index in [2.05, 4.69) is 52.4 Å². The number of anilines is 1. The summed E-state index contributed by atoms with van der Waals surface area (Å²) in [5, 5.41) is 8.83. The fraction of sp³-hybridized carbons (Fsp3) is 0.227. The molecule has 7 nitrogen and oxygen atoms in total. The summed E-state index contributed by atoms with van der Waals surface area (Å²) in [6, 6.07) is 12.3. The van der Waals surface area contributed by atoms with E-state index in [0.29, 0.717) is 6.54 Å². The van der Waals surface area contributed by atoms with Crippen LogP contribution >= 0.6 is 0 Å². The van der Waals surface area contributed by atoms with E-state index < -0.39 is 0 Å². The van der Waals surface area contributed by atoms with Gasteiger partial charge in [-0.3, -0.25) is 0 Å². The lowest BCUT2D eigenvalue weighted by atomic mass is 10.1. The van der Waals surface area contributed by atoms with E-state index in [1.807, 2.05) is 29.8 Å². The normalized spacial score (nSPS) is 15.1. The van der Waals surface area contributed by atoms with Gasteiger partial charge < -0.3 is 14.8 Å². The van der Waals surface area contributed by atoms with Crippen molar-refractivity contribution in [1.82, 2.24) is 19.7 Å². The number of fused-ring (bicyclic) bond motifs is 2. The zero-order chi connectivity index (χ0) is 20.0. The molecule has 0 radical (unpaired) electrons. The molecule has 146 valence electrons. The summed E-state index contributed by atoms with van der Waals surface area (Å²) in [7, 11) is 0. The van der Waals surface area contributed by atoms with Gasteiger partial charge >= 0.3 is 0 Å². The van der Waals surface area contributed by atoms with Gasteiger partial charge in [-0.1, -0.05) is 12.1 Å². The lowest BCUT2D eigenvalue weighted by Crippen LogP contribution is -2.11. The Morgan fingerprint density at radius 3 is 2.62 bits per heavy atom. The van der Waals surface area contributed by atoms with E-state index in [-0.39, 0.29) is 6.29 Å².